The van der Waals surface area contributed by atoms with Crippen molar-refractivity contribution in [3.8, 4) is 0 Å². The number of hydrogen-bond acceptors (Lipinski definition) is 6. The first kappa shape index (κ1) is 15.1. The van der Waals surface area contributed by atoms with E-state index in [9.17, 15) is 0 Å². The zero-order valence-electron chi connectivity index (χ0n) is 12.5. The van der Waals surface area contributed by atoms with Crippen molar-refractivity contribution in [3.63, 3.8) is 0 Å². The molecule has 0 fully saturated rings. The molecule has 10 nitrogen and oxygen atoms in total. The molecule has 0 spiro atoms. The van der Waals surface area contributed by atoms with Crippen LogP contribution in [-0.2, 0) is 0 Å². The molecule has 0 aromatic carbocycles. The van der Waals surface area contributed by atoms with E-state index in [4.69, 9.17) is 10.8 Å². The second-order valence-corrected chi connectivity index (χ2v) is 4.53. The van der Waals surface area contributed by atoms with Crippen molar-refractivity contribution < 1.29 is 0 Å². The fraction of sp³-hybridized carbons (Fsp3) is 0. The number of rotatable bonds is 0. The summed E-state index contributed by atoms with van der Waals surface area (Å²) in [5, 5.41) is 15.3. The molecule has 0 amide bonds. The van der Waals surface area contributed by atoms with Crippen molar-refractivity contribution in [2.75, 3.05) is 0 Å². The van der Waals surface area contributed by atoms with Crippen LogP contribution in [0.3, 0.4) is 0 Å². The first-order valence-electron chi connectivity index (χ1n) is 6.86. The molecule has 0 saturated heterocycles. The zero-order chi connectivity index (χ0) is 16.8. The molecule has 0 saturated carbocycles. The lowest BCUT2D eigenvalue weighted by atomic mass is 10.8. The molecule has 4 aromatic rings. The largest absolute Gasteiger partial charge is 0.276 e. The molecule has 0 aliphatic rings. The molecule has 4 aromatic heterocycles. The number of nitrogens with one attached hydrogen (secondary N) is 2. The highest BCUT2D eigenvalue weighted by molar-refractivity contribution is 5.81. The second-order valence-electron chi connectivity index (χ2n) is 4.53. The molecule has 0 bridgehead atoms. The van der Waals surface area contributed by atoms with E-state index in [2.05, 4.69) is 19.9 Å². The number of aromatic nitrogens is 8. The van der Waals surface area contributed by atoms with E-state index in [1.54, 1.807) is 93.2 Å². The predicted octanol–water partition coefficient (Wildman–Crippen LogP) is 0.822. The molecular formula is C14H14N10. The Morgan fingerprint density at radius 2 is 0.750 bits per heavy atom. The van der Waals surface area contributed by atoms with E-state index in [1.807, 2.05) is 0 Å². The molecule has 2 N–H and O–H groups in total. The molecule has 0 atom stereocenters. The van der Waals surface area contributed by atoms with Crippen molar-refractivity contribution >= 4 is 11.9 Å². The Balaban J connectivity index is 0.000000141. The Morgan fingerprint density at radius 1 is 0.500 bits per heavy atom. The number of imidazole rings is 4. The normalized spacial score (nSPS) is 10.0. The predicted molar refractivity (Wildman–Crippen MR) is 86.0 cm³/mol. The monoisotopic (exact) mass is 322 g/mol. The third-order valence-corrected chi connectivity index (χ3v) is 3.00. The summed E-state index contributed by atoms with van der Waals surface area (Å²) in [6.07, 6.45) is 19.7. The minimum absolute atomic E-state index is 0.310. The van der Waals surface area contributed by atoms with Crippen LogP contribution in [0.15, 0.2) is 74.9 Å². The lowest BCUT2D eigenvalue weighted by Crippen LogP contribution is -2.16. The van der Waals surface area contributed by atoms with E-state index in [-0.39, 0.29) is 0 Å². The smallest absolute Gasteiger partial charge is 0.212 e. The summed E-state index contributed by atoms with van der Waals surface area (Å²) < 4.78 is 6.40. The summed E-state index contributed by atoms with van der Waals surface area (Å²) in [5.74, 6) is 0.620. The highest BCUT2D eigenvalue weighted by atomic mass is 15.2. The third-order valence-electron chi connectivity index (χ3n) is 3.00. The Morgan fingerprint density at radius 3 is 0.917 bits per heavy atom. The maximum Gasteiger partial charge on any atom is 0.212 e. The van der Waals surface area contributed by atoms with Gasteiger partial charge in [-0.25, -0.2) is 19.9 Å². The molecule has 10 heteroatoms. The minimum atomic E-state index is 0.310. The average Bonchev–Trinajstić information content (AvgIpc) is 3.43. The standard InChI is InChI=1S/2C7H7N5/c2*8-7(11-3-1-9-5-11)12-4-2-10-6-12/h2*1-6,8H. The van der Waals surface area contributed by atoms with Gasteiger partial charge >= 0.3 is 0 Å². The minimum Gasteiger partial charge on any atom is -0.276 e. The van der Waals surface area contributed by atoms with Crippen molar-refractivity contribution in [1.29, 1.82) is 10.8 Å². The van der Waals surface area contributed by atoms with Gasteiger partial charge in [0.15, 0.2) is 0 Å². The number of hydrogen-bond donors (Lipinski definition) is 2. The molecule has 0 unspecified atom stereocenters. The van der Waals surface area contributed by atoms with Crippen molar-refractivity contribution in [3.05, 3.63) is 74.9 Å². The molecule has 0 aliphatic carbocycles. The van der Waals surface area contributed by atoms with E-state index in [1.165, 1.54) is 0 Å². The first-order valence-corrected chi connectivity index (χ1v) is 6.86. The van der Waals surface area contributed by atoms with E-state index >= 15 is 0 Å². The Labute approximate surface area is 136 Å². The molecule has 0 radical (unpaired) electrons. The van der Waals surface area contributed by atoms with Crippen molar-refractivity contribution in [2.24, 2.45) is 0 Å². The summed E-state index contributed by atoms with van der Waals surface area (Å²) >= 11 is 0. The van der Waals surface area contributed by atoms with Gasteiger partial charge in [0.1, 0.15) is 25.3 Å². The zero-order valence-corrected chi connectivity index (χ0v) is 12.5. The lowest BCUT2D eigenvalue weighted by molar-refractivity contribution is 0.971. The van der Waals surface area contributed by atoms with E-state index < -0.39 is 0 Å². The van der Waals surface area contributed by atoms with Gasteiger partial charge in [0.05, 0.1) is 0 Å². The average molecular weight is 322 g/mol. The van der Waals surface area contributed by atoms with Gasteiger partial charge in [-0.3, -0.25) is 29.1 Å². The fourth-order valence-electron chi connectivity index (χ4n) is 1.80. The maximum atomic E-state index is 7.65. The van der Waals surface area contributed by atoms with E-state index in [0.717, 1.165) is 0 Å². The highest BCUT2D eigenvalue weighted by Crippen LogP contribution is 1.91. The van der Waals surface area contributed by atoms with Crippen LogP contribution < -0.4 is 0 Å². The van der Waals surface area contributed by atoms with Crippen LogP contribution in [0.1, 0.15) is 0 Å². The van der Waals surface area contributed by atoms with Gasteiger partial charge in [0.25, 0.3) is 0 Å². The van der Waals surface area contributed by atoms with Crippen LogP contribution in [0, 0.1) is 10.8 Å². The van der Waals surface area contributed by atoms with Gasteiger partial charge in [-0.05, 0) is 0 Å². The summed E-state index contributed by atoms with van der Waals surface area (Å²) in [6.45, 7) is 0. The molecule has 4 rings (SSSR count). The van der Waals surface area contributed by atoms with Crippen molar-refractivity contribution in [2.45, 2.75) is 0 Å². The molecule has 4 heterocycles. The number of nitrogens with zero attached hydrogens (tertiary/aromatic N) is 8. The summed E-state index contributed by atoms with van der Waals surface area (Å²) in [7, 11) is 0. The van der Waals surface area contributed by atoms with Crippen LogP contribution in [0.4, 0.5) is 0 Å². The van der Waals surface area contributed by atoms with Crippen molar-refractivity contribution in [1.82, 2.24) is 38.2 Å². The third kappa shape index (κ3) is 3.32. The summed E-state index contributed by atoms with van der Waals surface area (Å²) in [6, 6.07) is 0. The molecule has 24 heavy (non-hydrogen) atoms. The van der Waals surface area contributed by atoms with Crippen LogP contribution in [0.5, 0.6) is 0 Å². The van der Waals surface area contributed by atoms with Gasteiger partial charge in [-0.1, -0.05) is 0 Å². The summed E-state index contributed by atoms with van der Waals surface area (Å²) in [5.41, 5.74) is 0. The first-order chi connectivity index (χ1) is 11.8. The molecular weight excluding hydrogens is 308 g/mol. The van der Waals surface area contributed by atoms with Crippen LogP contribution in [0.2, 0.25) is 0 Å². The molecule has 120 valence electrons. The summed E-state index contributed by atoms with van der Waals surface area (Å²) in [4.78, 5) is 15.4. The second kappa shape index (κ2) is 6.96. The Bertz CT molecular complexity index is 721. The molecule has 0 aliphatic heterocycles. The van der Waals surface area contributed by atoms with Gasteiger partial charge in [0, 0.05) is 49.6 Å². The van der Waals surface area contributed by atoms with E-state index in [0.29, 0.717) is 11.9 Å². The highest BCUT2D eigenvalue weighted by Gasteiger charge is 2.00. The SMILES string of the molecule is N=C(n1ccnc1)n1ccnc1.N=C(n1ccnc1)n1ccnc1. The van der Waals surface area contributed by atoms with Gasteiger partial charge in [0.2, 0.25) is 11.9 Å². The van der Waals surface area contributed by atoms with Gasteiger partial charge in [-0.15, -0.1) is 0 Å². The Kier molecular flexibility index (Phi) is 4.38. The quantitative estimate of drug-likeness (QED) is 0.368. The van der Waals surface area contributed by atoms with Crippen LogP contribution in [0.25, 0.3) is 0 Å². The maximum absolute atomic E-state index is 7.65. The topological polar surface area (TPSA) is 119 Å². The van der Waals surface area contributed by atoms with Crippen LogP contribution >= 0.6 is 0 Å². The fourth-order valence-corrected chi connectivity index (χ4v) is 1.80. The van der Waals surface area contributed by atoms with Crippen LogP contribution in [-0.4, -0.2) is 50.1 Å². The van der Waals surface area contributed by atoms with Gasteiger partial charge < -0.3 is 0 Å². The Hall–Kier alpha value is -3.82. The van der Waals surface area contributed by atoms with Gasteiger partial charge in [-0.2, -0.15) is 0 Å². The lowest BCUT2D eigenvalue weighted by Gasteiger charge is -2.02.